The molecule has 1 N–H and O–H groups in total. The molecule has 0 unspecified atom stereocenters. The molecule has 0 aliphatic carbocycles. The monoisotopic (exact) mass is 474 g/mol. The first-order valence-corrected chi connectivity index (χ1v) is 11.8. The summed E-state index contributed by atoms with van der Waals surface area (Å²) < 4.78 is 7.46. The summed E-state index contributed by atoms with van der Waals surface area (Å²) in [5, 5.41) is 4.17. The quantitative estimate of drug-likeness (QED) is 0.527. The second kappa shape index (κ2) is 10.7. The van der Waals surface area contributed by atoms with Crippen LogP contribution >= 0.6 is 23.2 Å². The van der Waals surface area contributed by atoms with Crippen molar-refractivity contribution in [3.05, 3.63) is 63.9 Å². The van der Waals surface area contributed by atoms with Gasteiger partial charge in [-0.3, -0.25) is 9.69 Å². The maximum atomic E-state index is 13.2. The molecule has 170 valence electrons. The zero-order chi connectivity index (χ0) is 22.5. The lowest BCUT2D eigenvalue weighted by molar-refractivity contribution is -0.124. The van der Waals surface area contributed by atoms with E-state index >= 15 is 0 Å². The molecule has 0 radical (unpaired) electrons. The number of halogens is 2. The van der Waals surface area contributed by atoms with Gasteiger partial charge >= 0.3 is 0 Å². The van der Waals surface area contributed by atoms with Crippen LogP contribution in [0, 0.1) is 0 Å². The van der Waals surface area contributed by atoms with Crippen LogP contribution in [-0.4, -0.2) is 59.8 Å². The van der Waals surface area contributed by atoms with Crippen LogP contribution in [0.2, 0.25) is 10.0 Å². The molecule has 2 aromatic carbocycles. The normalized spacial score (nSPS) is 15.7. The Morgan fingerprint density at radius 1 is 1.16 bits per heavy atom. The van der Waals surface area contributed by atoms with Crippen molar-refractivity contribution < 1.29 is 9.53 Å². The van der Waals surface area contributed by atoms with Gasteiger partial charge in [-0.1, -0.05) is 48.3 Å². The third kappa shape index (κ3) is 5.26. The number of carbonyl (C=O) groups is 1. The van der Waals surface area contributed by atoms with Gasteiger partial charge in [-0.05, 0) is 36.2 Å². The number of fused-ring (bicyclic) bond motifs is 1. The van der Waals surface area contributed by atoms with Gasteiger partial charge in [0.2, 0.25) is 5.91 Å². The van der Waals surface area contributed by atoms with Crippen molar-refractivity contribution in [1.29, 1.82) is 0 Å². The summed E-state index contributed by atoms with van der Waals surface area (Å²) in [5.74, 6) is 0.846. The molecule has 0 spiro atoms. The Balaban J connectivity index is 1.56. The maximum absolute atomic E-state index is 13.2. The van der Waals surface area contributed by atoms with E-state index in [1.165, 1.54) is 0 Å². The van der Waals surface area contributed by atoms with Crippen molar-refractivity contribution in [3.63, 3.8) is 0 Å². The minimum absolute atomic E-state index is 0.0132. The fourth-order valence-corrected chi connectivity index (χ4v) is 4.48. The molecular formula is C24H28Cl2N4O2. The van der Waals surface area contributed by atoms with Crippen LogP contribution in [0.5, 0.6) is 0 Å². The molecule has 1 amide bonds. The number of morpholine rings is 1. The molecule has 1 saturated heterocycles. The van der Waals surface area contributed by atoms with Crippen molar-refractivity contribution >= 4 is 40.1 Å². The summed E-state index contributed by atoms with van der Waals surface area (Å²) >= 11 is 12.3. The molecule has 8 heteroatoms. The van der Waals surface area contributed by atoms with E-state index in [0.29, 0.717) is 29.4 Å². The lowest BCUT2D eigenvalue weighted by atomic mass is 10.1. The summed E-state index contributed by atoms with van der Waals surface area (Å²) in [7, 11) is 0. The van der Waals surface area contributed by atoms with Crippen molar-refractivity contribution in [2.45, 2.75) is 25.8 Å². The van der Waals surface area contributed by atoms with E-state index in [0.717, 1.165) is 55.3 Å². The number of rotatable bonds is 8. The van der Waals surface area contributed by atoms with E-state index in [4.69, 9.17) is 32.9 Å². The van der Waals surface area contributed by atoms with Gasteiger partial charge in [0.25, 0.3) is 0 Å². The van der Waals surface area contributed by atoms with E-state index in [-0.39, 0.29) is 11.9 Å². The van der Waals surface area contributed by atoms with E-state index < -0.39 is 0 Å². The largest absolute Gasteiger partial charge is 0.379 e. The molecule has 32 heavy (non-hydrogen) atoms. The number of para-hydroxylation sites is 2. The Hall–Kier alpha value is -2.12. The molecule has 1 aliphatic heterocycles. The minimum Gasteiger partial charge on any atom is -0.379 e. The number of carbonyl (C=O) groups excluding carboxylic acids is 1. The highest BCUT2D eigenvalue weighted by Crippen LogP contribution is 2.28. The van der Waals surface area contributed by atoms with Gasteiger partial charge in [-0.15, -0.1) is 0 Å². The van der Waals surface area contributed by atoms with Crippen LogP contribution in [0.3, 0.4) is 0 Å². The van der Waals surface area contributed by atoms with Crippen molar-refractivity contribution in [3.8, 4) is 0 Å². The van der Waals surface area contributed by atoms with E-state index in [9.17, 15) is 4.79 Å². The third-order valence-corrected chi connectivity index (χ3v) is 6.59. The van der Waals surface area contributed by atoms with Crippen LogP contribution in [0.1, 0.15) is 30.8 Å². The molecule has 0 bridgehead atoms. The molecule has 1 atom stereocenters. The molecule has 1 aromatic heterocycles. The molecule has 0 saturated carbocycles. The highest BCUT2D eigenvalue weighted by atomic mass is 35.5. The first kappa shape index (κ1) is 23.1. The topological polar surface area (TPSA) is 59.4 Å². The second-order valence-electron chi connectivity index (χ2n) is 7.98. The van der Waals surface area contributed by atoms with Gasteiger partial charge in [0.15, 0.2) is 0 Å². The number of ether oxygens (including phenoxy) is 1. The van der Waals surface area contributed by atoms with Gasteiger partial charge in [-0.25, -0.2) is 4.98 Å². The number of imidazole rings is 1. The smallest absolute Gasteiger partial charge is 0.243 e. The predicted octanol–water partition coefficient (Wildman–Crippen LogP) is 4.33. The number of nitrogens with zero attached hydrogens (tertiary/aromatic N) is 3. The van der Waals surface area contributed by atoms with Gasteiger partial charge in [0.1, 0.15) is 11.9 Å². The molecule has 1 aliphatic rings. The standard InChI is InChI=1S/C24H28Cl2N4O2/c1-2-21(24(31)27-9-10-29-11-13-32-14-12-29)30-22-6-4-3-5-20(22)28-23(30)16-17-7-8-18(25)19(26)15-17/h3-8,15,21H,2,9-14,16H2,1H3,(H,27,31)/t21-/m1/s1. The zero-order valence-electron chi connectivity index (χ0n) is 18.2. The second-order valence-corrected chi connectivity index (χ2v) is 8.80. The molecule has 6 nitrogen and oxygen atoms in total. The Bertz CT molecular complexity index is 1080. The van der Waals surface area contributed by atoms with Gasteiger partial charge in [-0.2, -0.15) is 0 Å². The summed E-state index contributed by atoms with van der Waals surface area (Å²) in [6.07, 6.45) is 1.22. The molecule has 2 heterocycles. The Morgan fingerprint density at radius 2 is 1.94 bits per heavy atom. The summed E-state index contributed by atoms with van der Waals surface area (Å²) in [6.45, 7) is 6.80. The minimum atomic E-state index is -0.343. The summed E-state index contributed by atoms with van der Waals surface area (Å²) in [4.78, 5) is 20.4. The Labute approximate surface area is 198 Å². The highest BCUT2D eigenvalue weighted by Gasteiger charge is 2.24. The fraction of sp³-hybridized carbons (Fsp3) is 0.417. The van der Waals surface area contributed by atoms with E-state index in [1.807, 2.05) is 43.3 Å². The highest BCUT2D eigenvalue weighted by molar-refractivity contribution is 6.42. The average Bonchev–Trinajstić information content (AvgIpc) is 3.15. The lowest BCUT2D eigenvalue weighted by Crippen LogP contribution is -2.42. The molecule has 3 aromatic rings. The molecular weight excluding hydrogens is 447 g/mol. The van der Waals surface area contributed by atoms with Crippen LogP contribution in [0.15, 0.2) is 42.5 Å². The number of hydrogen-bond acceptors (Lipinski definition) is 4. The van der Waals surface area contributed by atoms with Gasteiger partial charge in [0, 0.05) is 32.6 Å². The molecule has 4 rings (SSSR count). The third-order valence-electron chi connectivity index (χ3n) is 5.85. The number of nitrogens with one attached hydrogen (secondary N) is 1. The zero-order valence-corrected chi connectivity index (χ0v) is 19.7. The maximum Gasteiger partial charge on any atom is 0.243 e. The van der Waals surface area contributed by atoms with E-state index in [1.54, 1.807) is 6.07 Å². The Kier molecular flexibility index (Phi) is 7.68. The number of hydrogen-bond donors (Lipinski definition) is 1. The number of aromatic nitrogens is 2. The van der Waals surface area contributed by atoms with Crippen molar-refractivity contribution in [2.24, 2.45) is 0 Å². The van der Waals surface area contributed by atoms with Crippen LogP contribution < -0.4 is 5.32 Å². The average molecular weight is 475 g/mol. The number of amides is 1. The van der Waals surface area contributed by atoms with Crippen LogP contribution in [-0.2, 0) is 16.0 Å². The summed E-state index contributed by atoms with van der Waals surface area (Å²) in [6, 6.07) is 13.2. The van der Waals surface area contributed by atoms with Crippen LogP contribution in [0.4, 0.5) is 0 Å². The predicted molar refractivity (Wildman–Crippen MR) is 129 cm³/mol. The Morgan fingerprint density at radius 3 is 2.69 bits per heavy atom. The first-order chi connectivity index (χ1) is 15.6. The first-order valence-electron chi connectivity index (χ1n) is 11.0. The fourth-order valence-electron chi connectivity index (χ4n) is 4.16. The lowest BCUT2D eigenvalue weighted by Gasteiger charge is -2.27. The van der Waals surface area contributed by atoms with Gasteiger partial charge in [0.05, 0.1) is 34.3 Å². The van der Waals surface area contributed by atoms with Crippen molar-refractivity contribution in [2.75, 3.05) is 39.4 Å². The van der Waals surface area contributed by atoms with Crippen molar-refractivity contribution in [1.82, 2.24) is 19.8 Å². The van der Waals surface area contributed by atoms with Crippen LogP contribution in [0.25, 0.3) is 11.0 Å². The van der Waals surface area contributed by atoms with Gasteiger partial charge < -0.3 is 14.6 Å². The molecule has 1 fully saturated rings. The summed E-state index contributed by atoms with van der Waals surface area (Å²) in [5.41, 5.74) is 2.83. The SMILES string of the molecule is CC[C@H](C(=O)NCCN1CCOCC1)n1c(Cc2ccc(Cl)c(Cl)c2)nc2ccccc21. The number of benzene rings is 2. The van der Waals surface area contributed by atoms with E-state index in [2.05, 4.69) is 14.8 Å².